The van der Waals surface area contributed by atoms with Crippen LogP contribution in [0.2, 0.25) is 5.02 Å². The maximum absolute atomic E-state index is 5.99. The van der Waals surface area contributed by atoms with Crippen LogP contribution in [0.3, 0.4) is 0 Å². The van der Waals surface area contributed by atoms with Gasteiger partial charge in [-0.2, -0.15) is 0 Å². The topological polar surface area (TPSA) is 21.3 Å². The van der Waals surface area contributed by atoms with E-state index < -0.39 is 0 Å². The fraction of sp³-hybridized carbons (Fsp3) is 0.333. The Morgan fingerprint density at radius 2 is 2.33 bits per heavy atom. The number of fused-ring (bicyclic) bond motifs is 1. The largest absolute Gasteiger partial charge is 0.492 e. The number of ether oxygens (including phenoxy) is 1. The summed E-state index contributed by atoms with van der Waals surface area (Å²) in [5.74, 6) is 0.910. The van der Waals surface area contributed by atoms with Gasteiger partial charge >= 0.3 is 0 Å². The Kier molecular flexibility index (Phi) is 2.19. The molecule has 1 heterocycles. The van der Waals surface area contributed by atoms with E-state index in [0.717, 1.165) is 29.4 Å². The molecule has 0 unspecified atom stereocenters. The number of nitrogens with one attached hydrogen (secondary N) is 1. The van der Waals surface area contributed by atoms with Crippen molar-refractivity contribution in [1.29, 1.82) is 0 Å². The molecule has 1 aromatic carbocycles. The average Bonchev–Trinajstić information content (AvgIpc) is 2.30. The molecule has 0 amide bonds. The van der Waals surface area contributed by atoms with Gasteiger partial charge in [0.15, 0.2) is 0 Å². The Morgan fingerprint density at radius 1 is 1.42 bits per heavy atom. The van der Waals surface area contributed by atoms with Gasteiger partial charge in [-0.1, -0.05) is 17.7 Å². The molecule has 0 radical (unpaired) electrons. The van der Waals surface area contributed by atoms with E-state index >= 15 is 0 Å². The summed E-state index contributed by atoms with van der Waals surface area (Å²) < 4.78 is 5.48. The highest BCUT2D eigenvalue weighted by Gasteiger charge is 2.10. The van der Waals surface area contributed by atoms with Gasteiger partial charge in [-0.15, -0.1) is 0 Å². The predicted octanol–water partition coefficient (Wildman–Crippen LogP) is 1.82. The Balaban J connectivity index is 2.42. The van der Waals surface area contributed by atoms with E-state index in [4.69, 9.17) is 16.3 Å². The van der Waals surface area contributed by atoms with Gasteiger partial charge < -0.3 is 10.1 Å². The van der Waals surface area contributed by atoms with E-state index in [0.29, 0.717) is 6.61 Å². The summed E-state index contributed by atoms with van der Waals surface area (Å²) in [6.07, 6.45) is 0. The summed E-state index contributed by atoms with van der Waals surface area (Å²) in [5.41, 5.74) is 1.07. The number of hydrogen-bond donors (Lipinski definition) is 1. The normalized spacial score (nSPS) is 16.1. The minimum atomic E-state index is 0.716. The molecular formula is C9H10ClNO. The third-order valence-corrected chi connectivity index (χ3v) is 2.27. The summed E-state index contributed by atoms with van der Waals surface area (Å²) in [4.78, 5) is 0. The fourth-order valence-corrected chi connectivity index (χ4v) is 1.52. The molecule has 1 aromatic rings. The van der Waals surface area contributed by atoms with Crippen LogP contribution in [-0.2, 0) is 6.54 Å². The van der Waals surface area contributed by atoms with Gasteiger partial charge in [0.1, 0.15) is 12.4 Å². The Labute approximate surface area is 76.5 Å². The van der Waals surface area contributed by atoms with Crippen LogP contribution in [0.1, 0.15) is 5.56 Å². The highest BCUT2D eigenvalue weighted by Crippen LogP contribution is 2.26. The standard InChI is InChI=1S/C9H10ClNO/c10-8-2-1-3-9-7(8)6-11-4-5-12-9/h1-3,11H,4-6H2. The SMILES string of the molecule is Clc1cccc2c1CNCCO2. The first kappa shape index (κ1) is 7.90. The summed E-state index contributed by atoms with van der Waals surface area (Å²) in [5, 5.41) is 4.01. The van der Waals surface area contributed by atoms with Gasteiger partial charge in [0.25, 0.3) is 0 Å². The molecule has 0 aliphatic carbocycles. The minimum Gasteiger partial charge on any atom is -0.492 e. The van der Waals surface area contributed by atoms with Gasteiger partial charge in [-0.3, -0.25) is 0 Å². The molecule has 0 atom stereocenters. The van der Waals surface area contributed by atoms with Crippen LogP contribution in [0.5, 0.6) is 5.75 Å². The van der Waals surface area contributed by atoms with E-state index in [9.17, 15) is 0 Å². The highest BCUT2D eigenvalue weighted by atomic mass is 35.5. The van der Waals surface area contributed by atoms with Gasteiger partial charge in [-0.25, -0.2) is 0 Å². The van der Waals surface area contributed by atoms with Gasteiger partial charge in [0.2, 0.25) is 0 Å². The second-order valence-electron chi connectivity index (χ2n) is 2.74. The first-order valence-corrected chi connectivity index (χ1v) is 4.36. The number of rotatable bonds is 0. The molecule has 0 saturated heterocycles. The molecule has 0 spiro atoms. The van der Waals surface area contributed by atoms with Crippen molar-refractivity contribution in [2.45, 2.75) is 6.54 Å². The maximum atomic E-state index is 5.99. The molecule has 12 heavy (non-hydrogen) atoms. The van der Waals surface area contributed by atoms with Gasteiger partial charge in [0, 0.05) is 23.7 Å². The summed E-state index contributed by atoms with van der Waals surface area (Å²) in [6.45, 7) is 2.40. The highest BCUT2D eigenvalue weighted by molar-refractivity contribution is 6.31. The zero-order chi connectivity index (χ0) is 8.39. The van der Waals surface area contributed by atoms with Crippen molar-refractivity contribution in [3.05, 3.63) is 28.8 Å². The van der Waals surface area contributed by atoms with E-state index in [-0.39, 0.29) is 0 Å². The van der Waals surface area contributed by atoms with Crippen LogP contribution in [-0.4, -0.2) is 13.2 Å². The van der Waals surface area contributed by atoms with Crippen LogP contribution in [0, 0.1) is 0 Å². The molecule has 1 aliphatic heterocycles. The van der Waals surface area contributed by atoms with Crippen molar-refractivity contribution in [2.75, 3.05) is 13.2 Å². The van der Waals surface area contributed by atoms with Crippen LogP contribution in [0.25, 0.3) is 0 Å². The fourth-order valence-electron chi connectivity index (χ4n) is 1.29. The van der Waals surface area contributed by atoms with Crippen LogP contribution in [0.15, 0.2) is 18.2 Å². The van der Waals surface area contributed by atoms with E-state index in [2.05, 4.69) is 5.32 Å². The average molecular weight is 184 g/mol. The van der Waals surface area contributed by atoms with Crippen molar-refractivity contribution < 1.29 is 4.74 Å². The lowest BCUT2D eigenvalue weighted by Crippen LogP contribution is -2.16. The van der Waals surface area contributed by atoms with Crippen molar-refractivity contribution in [3.63, 3.8) is 0 Å². The third-order valence-electron chi connectivity index (χ3n) is 1.91. The molecule has 2 rings (SSSR count). The smallest absolute Gasteiger partial charge is 0.125 e. The lowest BCUT2D eigenvalue weighted by Gasteiger charge is -2.06. The number of halogens is 1. The molecule has 1 N–H and O–H groups in total. The zero-order valence-corrected chi connectivity index (χ0v) is 7.40. The van der Waals surface area contributed by atoms with E-state index in [1.807, 2.05) is 18.2 Å². The van der Waals surface area contributed by atoms with Crippen molar-refractivity contribution in [2.24, 2.45) is 0 Å². The quantitative estimate of drug-likeness (QED) is 0.663. The zero-order valence-electron chi connectivity index (χ0n) is 6.64. The first-order chi connectivity index (χ1) is 5.88. The van der Waals surface area contributed by atoms with Crippen molar-refractivity contribution in [1.82, 2.24) is 5.32 Å². The molecule has 64 valence electrons. The second kappa shape index (κ2) is 3.33. The van der Waals surface area contributed by atoms with Crippen molar-refractivity contribution in [3.8, 4) is 5.75 Å². The first-order valence-electron chi connectivity index (χ1n) is 3.99. The third kappa shape index (κ3) is 1.40. The Hall–Kier alpha value is -0.730. The second-order valence-corrected chi connectivity index (χ2v) is 3.15. The molecule has 2 nitrogen and oxygen atoms in total. The molecule has 0 bridgehead atoms. The number of benzene rings is 1. The van der Waals surface area contributed by atoms with Gasteiger partial charge in [0.05, 0.1) is 0 Å². The summed E-state index contributed by atoms with van der Waals surface area (Å²) in [7, 11) is 0. The molecule has 1 aliphatic rings. The summed E-state index contributed by atoms with van der Waals surface area (Å²) in [6, 6.07) is 5.75. The van der Waals surface area contributed by atoms with E-state index in [1.54, 1.807) is 0 Å². The lowest BCUT2D eigenvalue weighted by molar-refractivity contribution is 0.326. The van der Waals surface area contributed by atoms with Crippen LogP contribution in [0.4, 0.5) is 0 Å². The monoisotopic (exact) mass is 183 g/mol. The minimum absolute atomic E-state index is 0.716. The van der Waals surface area contributed by atoms with Crippen LogP contribution >= 0.6 is 11.6 Å². The Morgan fingerprint density at radius 3 is 3.25 bits per heavy atom. The Bertz CT molecular complexity index is 288. The van der Waals surface area contributed by atoms with E-state index in [1.165, 1.54) is 0 Å². The predicted molar refractivity (Wildman–Crippen MR) is 48.7 cm³/mol. The maximum Gasteiger partial charge on any atom is 0.125 e. The molecule has 0 fully saturated rings. The number of hydrogen-bond acceptors (Lipinski definition) is 2. The molecule has 0 saturated carbocycles. The molecule has 3 heteroatoms. The van der Waals surface area contributed by atoms with Gasteiger partial charge in [-0.05, 0) is 12.1 Å². The lowest BCUT2D eigenvalue weighted by atomic mass is 10.2. The van der Waals surface area contributed by atoms with Crippen molar-refractivity contribution >= 4 is 11.6 Å². The molecule has 0 aromatic heterocycles. The summed E-state index contributed by atoms with van der Waals surface area (Å²) >= 11 is 5.99. The van der Waals surface area contributed by atoms with Crippen LogP contribution < -0.4 is 10.1 Å². The molecular weight excluding hydrogens is 174 g/mol.